The third-order valence-electron chi connectivity index (χ3n) is 3.46. The molecule has 2 aromatic rings. The highest BCUT2D eigenvalue weighted by molar-refractivity contribution is 6.31. The van der Waals surface area contributed by atoms with Crippen molar-refractivity contribution in [3.8, 4) is 5.75 Å². The van der Waals surface area contributed by atoms with Gasteiger partial charge in [-0.05, 0) is 55.8 Å². The van der Waals surface area contributed by atoms with Gasteiger partial charge in [-0.1, -0.05) is 17.7 Å². The van der Waals surface area contributed by atoms with E-state index in [1.165, 1.54) is 0 Å². The number of carbonyl (C=O) groups excluding carboxylic acids is 1. The van der Waals surface area contributed by atoms with Gasteiger partial charge in [0.05, 0.1) is 13.2 Å². The number of anilines is 2. The van der Waals surface area contributed by atoms with E-state index in [0.717, 1.165) is 17.0 Å². The maximum atomic E-state index is 12.0. The van der Waals surface area contributed by atoms with Crippen molar-refractivity contribution in [1.29, 1.82) is 0 Å². The van der Waals surface area contributed by atoms with E-state index in [4.69, 9.17) is 21.1 Å². The lowest BCUT2D eigenvalue weighted by molar-refractivity contribution is -0.114. The van der Waals surface area contributed by atoms with Gasteiger partial charge in [-0.3, -0.25) is 4.79 Å². The average molecular weight is 363 g/mol. The van der Waals surface area contributed by atoms with Crippen LogP contribution < -0.4 is 15.4 Å². The van der Waals surface area contributed by atoms with Gasteiger partial charge < -0.3 is 20.1 Å². The van der Waals surface area contributed by atoms with Gasteiger partial charge >= 0.3 is 0 Å². The van der Waals surface area contributed by atoms with Crippen molar-refractivity contribution >= 4 is 28.9 Å². The van der Waals surface area contributed by atoms with Crippen molar-refractivity contribution in [2.45, 2.75) is 13.8 Å². The average Bonchev–Trinajstić information content (AvgIpc) is 2.61. The van der Waals surface area contributed by atoms with Gasteiger partial charge in [0.1, 0.15) is 12.4 Å². The van der Waals surface area contributed by atoms with E-state index in [1.54, 1.807) is 18.2 Å². The lowest BCUT2D eigenvalue weighted by atomic mass is 10.2. The van der Waals surface area contributed by atoms with Crippen LogP contribution in [0.5, 0.6) is 5.75 Å². The number of aryl methyl sites for hydroxylation is 1. The largest absolute Gasteiger partial charge is 0.491 e. The van der Waals surface area contributed by atoms with E-state index in [0.29, 0.717) is 30.5 Å². The summed E-state index contributed by atoms with van der Waals surface area (Å²) in [6.45, 7) is 5.78. The number of amides is 1. The van der Waals surface area contributed by atoms with Crippen LogP contribution in [-0.4, -0.2) is 32.3 Å². The predicted octanol–water partition coefficient (Wildman–Crippen LogP) is 4.11. The number of halogens is 1. The molecule has 0 aromatic heterocycles. The van der Waals surface area contributed by atoms with Crippen LogP contribution in [0.2, 0.25) is 5.02 Å². The van der Waals surface area contributed by atoms with Gasteiger partial charge in [0.2, 0.25) is 5.91 Å². The van der Waals surface area contributed by atoms with Crippen LogP contribution in [0.4, 0.5) is 11.4 Å². The number of rotatable bonds is 9. The summed E-state index contributed by atoms with van der Waals surface area (Å²) in [5.74, 6) is 0.604. The highest BCUT2D eigenvalue weighted by Gasteiger charge is 2.04. The van der Waals surface area contributed by atoms with Crippen LogP contribution in [-0.2, 0) is 9.53 Å². The molecule has 0 aliphatic heterocycles. The first-order valence-electron chi connectivity index (χ1n) is 8.19. The Bertz CT molecular complexity index is 690. The Kier molecular flexibility index (Phi) is 7.57. The summed E-state index contributed by atoms with van der Waals surface area (Å²) < 4.78 is 10.7. The summed E-state index contributed by atoms with van der Waals surface area (Å²) in [7, 11) is 0. The molecular weight excluding hydrogens is 340 g/mol. The summed E-state index contributed by atoms with van der Waals surface area (Å²) in [5.41, 5.74) is 2.52. The molecule has 0 unspecified atom stereocenters. The molecule has 5 nitrogen and oxygen atoms in total. The molecule has 2 rings (SSSR count). The predicted molar refractivity (Wildman–Crippen MR) is 102 cm³/mol. The maximum absolute atomic E-state index is 12.0. The first-order valence-corrected chi connectivity index (χ1v) is 8.56. The maximum Gasteiger partial charge on any atom is 0.243 e. The molecule has 134 valence electrons. The van der Waals surface area contributed by atoms with Crippen LogP contribution in [0.3, 0.4) is 0 Å². The van der Waals surface area contributed by atoms with Crippen LogP contribution in [0.1, 0.15) is 12.5 Å². The van der Waals surface area contributed by atoms with E-state index in [1.807, 2.05) is 38.1 Å². The fraction of sp³-hybridized carbons (Fsp3) is 0.316. The minimum Gasteiger partial charge on any atom is -0.491 e. The molecule has 25 heavy (non-hydrogen) atoms. The Morgan fingerprint density at radius 3 is 2.48 bits per heavy atom. The van der Waals surface area contributed by atoms with Crippen molar-refractivity contribution in [1.82, 2.24) is 0 Å². The van der Waals surface area contributed by atoms with Gasteiger partial charge in [-0.2, -0.15) is 0 Å². The molecule has 0 spiro atoms. The SMILES string of the molecule is CCOCCOc1ccc(NC(=O)CNc2ccc(C)c(Cl)c2)cc1. The molecular formula is C19H23ClN2O3. The summed E-state index contributed by atoms with van der Waals surface area (Å²) >= 11 is 6.07. The number of hydrogen-bond acceptors (Lipinski definition) is 4. The molecule has 0 saturated carbocycles. The molecule has 0 fully saturated rings. The van der Waals surface area contributed by atoms with E-state index < -0.39 is 0 Å². The fourth-order valence-corrected chi connectivity index (χ4v) is 2.27. The van der Waals surface area contributed by atoms with Gasteiger partial charge in [0.25, 0.3) is 0 Å². The molecule has 0 atom stereocenters. The van der Waals surface area contributed by atoms with Gasteiger partial charge in [0.15, 0.2) is 0 Å². The van der Waals surface area contributed by atoms with Gasteiger partial charge in [-0.25, -0.2) is 0 Å². The third-order valence-corrected chi connectivity index (χ3v) is 3.87. The molecule has 2 aromatic carbocycles. The number of carbonyl (C=O) groups is 1. The topological polar surface area (TPSA) is 59.6 Å². The zero-order chi connectivity index (χ0) is 18.1. The Balaban J connectivity index is 1.77. The van der Waals surface area contributed by atoms with E-state index in [2.05, 4.69) is 10.6 Å². The van der Waals surface area contributed by atoms with Crippen molar-refractivity contribution in [3.05, 3.63) is 53.1 Å². The van der Waals surface area contributed by atoms with Crippen molar-refractivity contribution in [2.75, 3.05) is 37.0 Å². The smallest absolute Gasteiger partial charge is 0.243 e. The number of nitrogens with one attached hydrogen (secondary N) is 2. The zero-order valence-corrected chi connectivity index (χ0v) is 15.2. The molecule has 0 saturated heterocycles. The minimum absolute atomic E-state index is 0.137. The summed E-state index contributed by atoms with van der Waals surface area (Å²) in [4.78, 5) is 12.0. The first kappa shape index (κ1) is 19.1. The Morgan fingerprint density at radius 1 is 1.08 bits per heavy atom. The molecule has 1 amide bonds. The molecule has 0 heterocycles. The van der Waals surface area contributed by atoms with Crippen LogP contribution in [0.25, 0.3) is 0 Å². The molecule has 0 aliphatic carbocycles. The standard InChI is InChI=1S/C19H23ClN2O3/c1-3-24-10-11-25-17-8-6-15(7-9-17)22-19(23)13-21-16-5-4-14(2)18(20)12-16/h4-9,12,21H,3,10-11,13H2,1-2H3,(H,22,23). The molecule has 2 N–H and O–H groups in total. The van der Waals surface area contributed by atoms with E-state index >= 15 is 0 Å². The van der Waals surface area contributed by atoms with Crippen LogP contribution >= 0.6 is 11.6 Å². The zero-order valence-electron chi connectivity index (χ0n) is 14.5. The molecule has 0 bridgehead atoms. The fourth-order valence-electron chi connectivity index (χ4n) is 2.09. The highest BCUT2D eigenvalue weighted by Crippen LogP contribution is 2.20. The first-order chi connectivity index (χ1) is 12.1. The van der Waals surface area contributed by atoms with Crippen molar-refractivity contribution in [3.63, 3.8) is 0 Å². The highest BCUT2D eigenvalue weighted by atomic mass is 35.5. The number of ether oxygens (including phenoxy) is 2. The summed E-state index contributed by atoms with van der Waals surface area (Å²) in [5, 5.41) is 6.55. The number of benzene rings is 2. The normalized spacial score (nSPS) is 10.4. The lowest BCUT2D eigenvalue weighted by Gasteiger charge is -2.10. The quantitative estimate of drug-likeness (QED) is 0.659. The molecule has 0 aliphatic rings. The van der Waals surface area contributed by atoms with Crippen LogP contribution in [0.15, 0.2) is 42.5 Å². The minimum atomic E-state index is -0.137. The molecule has 0 radical (unpaired) electrons. The summed E-state index contributed by atoms with van der Waals surface area (Å²) in [6, 6.07) is 12.8. The van der Waals surface area contributed by atoms with Crippen molar-refractivity contribution < 1.29 is 14.3 Å². The summed E-state index contributed by atoms with van der Waals surface area (Å²) in [6.07, 6.45) is 0. The third kappa shape index (κ3) is 6.64. The monoisotopic (exact) mass is 362 g/mol. The number of hydrogen-bond donors (Lipinski definition) is 2. The Labute approximate surface area is 153 Å². The van der Waals surface area contributed by atoms with E-state index in [-0.39, 0.29) is 12.5 Å². The van der Waals surface area contributed by atoms with Gasteiger partial charge in [-0.15, -0.1) is 0 Å². The second-order valence-corrected chi connectivity index (χ2v) is 5.84. The van der Waals surface area contributed by atoms with E-state index in [9.17, 15) is 4.79 Å². The van der Waals surface area contributed by atoms with Gasteiger partial charge in [0, 0.05) is 23.0 Å². The Morgan fingerprint density at radius 2 is 1.80 bits per heavy atom. The second-order valence-electron chi connectivity index (χ2n) is 5.44. The van der Waals surface area contributed by atoms with Crippen LogP contribution in [0, 0.1) is 6.92 Å². The Hall–Kier alpha value is -2.24. The second kappa shape index (κ2) is 9.91. The van der Waals surface area contributed by atoms with Crippen molar-refractivity contribution in [2.24, 2.45) is 0 Å². The lowest BCUT2D eigenvalue weighted by Crippen LogP contribution is -2.21. The molecule has 6 heteroatoms.